The highest BCUT2D eigenvalue weighted by atomic mass is 19.1. The van der Waals surface area contributed by atoms with Gasteiger partial charge in [-0.2, -0.15) is 0 Å². The molecule has 1 aliphatic rings. The number of halogens is 1. The van der Waals surface area contributed by atoms with E-state index in [2.05, 4.69) is 10.2 Å². The second kappa shape index (κ2) is 5.33. The summed E-state index contributed by atoms with van der Waals surface area (Å²) in [5, 5.41) is 12.6. The van der Waals surface area contributed by atoms with Crippen molar-refractivity contribution in [3.63, 3.8) is 0 Å². The van der Waals surface area contributed by atoms with Crippen molar-refractivity contribution >= 4 is 0 Å². The van der Waals surface area contributed by atoms with Crippen LogP contribution in [-0.4, -0.2) is 43.3 Å². The monoisotopic (exact) mass is 240 g/mol. The fourth-order valence-electron chi connectivity index (χ4n) is 2.03. The van der Waals surface area contributed by atoms with Gasteiger partial charge in [-0.05, 0) is 0 Å². The van der Waals surface area contributed by atoms with Crippen molar-refractivity contribution < 1.29 is 14.2 Å². The first kappa shape index (κ1) is 12.1. The molecule has 1 aromatic carbocycles. The number of nitrogens with one attached hydrogen (secondary N) is 1. The average molecular weight is 240 g/mol. The number of piperazine rings is 1. The van der Waals surface area contributed by atoms with E-state index in [1.807, 2.05) is 0 Å². The molecule has 1 aromatic rings. The fraction of sp³-hybridized carbons (Fsp3) is 0.500. The van der Waals surface area contributed by atoms with Gasteiger partial charge >= 0.3 is 0 Å². The van der Waals surface area contributed by atoms with Crippen molar-refractivity contribution in [1.29, 1.82) is 0 Å². The molecule has 0 aromatic heterocycles. The first-order valence-electron chi connectivity index (χ1n) is 5.69. The van der Waals surface area contributed by atoms with E-state index in [4.69, 9.17) is 4.74 Å². The van der Waals surface area contributed by atoms with Gasteiger partial charge in [0.1, 0.15) is 17.3 Å². The van der Waals surface area contributed by atoms with Crippen LogP contribution in [0.15, 0.2) is 12.1 Å². The largest absolute Gasteiger partial charge is 0.508 e. The summed E-state index contributed by atoms with van der Waals surface area (Å²) in [6, 6.07) is 2.57. The number of benzene rings is 1. The van der Waals surface area contributed by atoms with Crippen LogP contribution in [0.4, 0.5) is 4.39 Å². The molecule has 4 nitrogen and oxygen atoms in total. The van der Waals surface area contributed by atoms with Crippen molar-refractivity contribution in [2.75, 3.05) is 33.3 Å². The summed E-state index contributed by atoms with van der Waals surface area (Å²) in [5.41, 5.74) is 0.507. The van der Waals surface area contributed by atoms with Crippen molar-refractivity contribution in [1.82, 2.24) is 10.2 Å². The van der Waals surface area contributed by atoms with Crippen LogP contribution in [0, 0.1) is 5.82 Å². The van der Waals surface area contributed by atoms with Gasteiger partial charge in [0.05, 0.1) is 7.11 Å². The molecular weight excluding hydrogens is 223 g/mol. The molecule has 5 heteroatoms. The molecule has 1 heterocycles. The second-order valence-electron chi connectivity index (χ2n) is 4.13. The molecule has 0 unspecified atom stereocenters. The van der Waals surface area contributed by atoms with Crippen LogP contribution in [0.1, 0.15) is 5.56 Å². The Hall–Kier alpha value is -1.33. The van der Waals surface area contributed by atoms with Crippen LogP contribution < -0.4 is 10.1 Å². The van der Waals surface area contributed by atoms with Crippen molar-refractivity contribution in [3.05, 3.63) is 23.5 Å². The van der Waals surface area contributed by atoms with Crippen LogP contribution in [0.5, 0.6) is 11.5 Å². The van der Waals surface area contributed by atoms with E-state index in [0.29, 0.717) is 17.9 Å². The topological polar surface area (TPSA) is 44.7 Å². The third-order valence-corrected chi connectivity index (χ3v) is 2.95. The first-order valence-corrected chi connectivity index (χ1v) is 5.69. The number of rotatable bonds is 3. The van der Waals surface area contributed by atoms with Gasteiger partial charge in [0.2, 0.25) is 0 Å². The molecule has 0 bridgehead atoms. The highest BCUT2D eigenvalue weighted by Gasteiger charge is 2.17. The Kier molecular flexibility index (Phi) is 3.81. The van der Waals surface area contributed by atoms with Gasteiger partial charge in [0.25, 0.3) is 0 Å². The summed E-state index contributed by atoms with van der Waals surface area (Å²) in [6.07, 6.45) is 0. The lowest BCUT2D eigenvalue weighted by atomic mass is 10.1. The van der Waals surface area contributed by atoms with Crippen LogP contribution in [0.3, 0.4) is 0 Å². The minimum absolute atomic E-state index is 0.108. The average Bonchev–Trinajstić information content (AvgIpc) is 2.33. The standard InChI is InChI=1S/C12H17FN2O2/c1-17-12-7-9(16)6-11(13)10(12)8-15-4-2-14-3-5-15/h6-7,14,16H,2-5,8H2,1H3. The van der Waals surface area contributed by atoms with Crippen LogP contribution in [0.25, 0.3) is 0 Å². The first-order chi connectivity index (χ1) is 8.20. The molecule has 2 N–H and O–H groups in total. The minimum Gasteiger partial charge on any atom is -0.508 e. The maximum atomic E-state index is 13.8. The van der Waals surface area contributed by atoms with E-state index in [9.17, 15) is 9.50 Å². The summed E-state index contributed by atoms with van der Waals surface area (Å²) < 4.78 is 18.9. The maximum Gasteiger partial charge on any atom is 0.135 e. The lowest BCUT2D eigenvalue weighted by Gasteiger charge is -2.27. The van der Waals surface area contributed by atoms with Crippen LogP contribution in [-0.2, 0) is 6.54 Å². The number of phenolic OH excluding ortho intramolecular Hbond substituents is 1. The van der Waals surface area contributed by atoms with Crippen molar-refractivity contribution in [3.8, 4) is 11.5 Å². The molecule has 17 heavy (non-hydrogen) atoms. The van der Waals surface area contributed by atoms with Crippen LogP contribution >= 0.6 is 0 Å². The Balaban J connectivity index is 2.18. The Bertz CT molecular complexity index is 392. The smallest absolute Gasteiger partial charge is 0.135 e. The number of hydrogen-bond donors (Lipinski definition) is 2. The van der Waals surface area contributed by atoms with Crippen LogP contribution in [0.2, 0.25) is 0 Å². The van der Waals surface area contributed by atoms with Gasteiger partial charge in [-0.25, -0.2) is 4.39 Å². The number of nitrogens with zero attached hydrogens (tertiary/aromatic N) is 1. The highest BCUT2D eigenvalue weighted by Crippen LogP contribution is 2.28. The molecule has 0 spiro atoms. The van der Waals surface area contributed by atoms with E-state index in [0.717, 1.165) is 32.2 Å². The maximum absolute atomic E-state index is 13.8. The number of ether oxygens (including phenoxy) is 1. The Morgan fingerprint density at radius 2 is 2.12 bits per heavy atom. The van der Waals surface area contributed by atoms with Crippen molar-refractivity contribution in [2.24, 2.45) is 0 Å². The summed E-state index contributed by atoms with van der Waals surface area (Å²) in [6.45, 7) is 4.13. The summed E-state index contributed by atoms with van der Waals surface area (Å²) >= 11 is 0. The van der Waals surface area contributed by atoms with E-state index in [-0.39, 0.29) is 5.75 Å². The molecule has 0 amide bonds. The molecule has 0 saturated carbocycles. The number of hydrogen-bond acceptors (Lipinski definition) is 4. The van der Waals surface area contributed by atoms with E-state index in [1.54, 1.807) is 0 Å². The van der Waals surface area contributed by atoms with E-state index < -0.39 is 5.82 Å². The normalized spacial score (nSPS) is 17.1. The SMILES string of the molecule is COc1cc(O)cc(F)c1CN1CCNCC1. The Morgan fingerprint density at radius 1 is 1.41 bits per heavy atom. The lowest BCUT2D eigenvalue weighted by molar-refractivity contribution is 0.226. The van der Waals surface area contributed by atoms with Gasteiger partial charge in [-0.1, -0.05) is 0 Å². The molecule has 2 rings (SSSR count). The number of methoxy groups -OCH3 is 1. The Labute approximate surface area is 100.0 Å². The lowest BCUT2D eigenvalue weighted by Crippen LogP contribution is -2.43. The number of aromatic hydroxyl groups is 1. The quantitative estimate of drug-likeness (QED) is 0.825. The summed E-state index contributed by atoms with van der Waals surface area (Å²) in [4.78, 5) is 2.16. The summed E-state index contributed by atoms with van der Waals surface area (Å²) in [5.74, 6) is -0.121. The molecule has 1 aliphatic heterocycles. The van der Waals surface area contributed by atoms with E-state index >= 15 is 0 Å². The van der Waals surface area contributed by atoms with Gasteiger partial charge in [-0.3, -0.25) is 4.90 Å². The molecule has 0 atom stereocenters. The van der Waals surface area contributed by atoms with Gasteiger partial charge in [0.15, 0.2) is 0 Å². The molecular formula is C12H17FN2O2. The zero-order chi connectivity index (χ0) is 12.3. The molecule has 1 saturated heterocycles. The Morgan fingerprint density at radius 3 is 2.76 bits per heavy atom. The van der Waals surface area contributed by atoms with E-state index in [1.165, 1.54) is 13.2 Å². The zero-order valence-corrected chi connectivity index (χ0v) is 9.87. The molecule has 0 aliphatic carbocycles. The third kappa shape index (κ3) is 2.87. The second-order valence-corrected chi connectivity index (χ2v) is 4.13. The third-order valence-electron chi connectivity index (χ3n) is 2.95. The zero-order valence-electron chi connectivity index (χ0n) is 9.87. The molecule has 0 radical (unpaired) electrons. The predicted molar refractivity (Wildman–Crippen MR) is 62.8 cm³/mol. The van der Waals surface area contributed by atoms with Crippen molar-refractivity contribution in [2.45, 2.75) is 6.54 Å². The van der Waals surface area contributed by atoms with Gasteiger partial charge < -0.3 is 15.2 Å². The fourth-order valence-corrected chi connectivity index (χ4v) is 2.03. The summed E-state index contributed by atoms with van der Waals surface area (Å²) in [7, 11) is 1.48. The minimum atomic E-state index is -0.416. The van der Waals surface area contributed by atoms with Gasteiger partial charge in [-0.15, -0.1) is 0 Å². The highest BCUT2D eigenvalue weighted by molar-refractivity contribution is 5.41. The van der Waals surface area contributed by atoms with Gasteiger partial charge in [0, 0.05) is 50.4 Å². The molecule has 94 valence electrons. The number of phenols is 1. The molecule has 1 fully saturated rings. The predicted octanol–water partition coefficient (Wildman–Crippen LogP) is 0.945.